The van der Waals surface area contributed by atoms with Crippen LogP contribution >= 0.6 is 0 Å². The molecule has 1 saturated carbocycles. The lowest BCUT2D eigenvalue weighted by Gasteiger charge is -2.50. The molecular formula is C20H38O4Si. The number of hydrogen-bond acceptors (Lipinski definition) is 3. The highest BCUT2D eigenvalue weighted by Gasteiger charge is 2.57. The summed E-state index contributed by atoms with van der Waals surface area (Å²) >= 11 is 0. The average Bonchev–Trinajstić information content (AvgIpc) is 2.91. The van der Waals surface area contributed by atoms with Crippen LogP contribution < -0.4 is 0 Å². The van der Waals surface area contributed by atoms with Crippen LogP contribution in [0.15, 0.2) is 0 Å². The Morgan fingerprint density at radius 3 is 1.92 bits per heavy atom. The third kappa shape index (κ3) is 4.47. The minimum atomic E-state index is -2.48. The summed E-state index contributed by atoms with van der Waals surface area (Å²) < 4.78 is 6.43. The van der Waals surface area contributed by atoms with Crippen molar-refractivity contribution >= 4 is 20.3 Å². The molecule has 0 aromatic rings. The first-order chi connectivity index (χ1) is 11.4. The topological polar surface area (TPSA) is 63.6 Å². The van der Waals surface area contributed by atoms with Crippen LogP contribution in [0, 0.1) is 17.8 Å². The molecule has 0 aromatic carbocycles. The molecule has 0 bridgehead atoms. The largest absolute Gasteiger partial charge is 0.518 e. The van der Waals surface area contributed by atoms with Crippen molar-refractivity contribution in [2.45, 2.75) is 97.2 Å². The van der Waals surface area contributed by atoms with Gasteiger partial charge in [0.25, 0.3) is 14.3 Å². The molecule has 25 heavy (non-hydrogen) atoms. The van der Waals surface area contributed by atoms with Crippen LogP contribution in [0.1, 0.15) is 81.1 Å². The lowest BCUT2D eigenvalue weighted by atomic mass is 9.97. The molecule has 5 heteroatoms. The van der Waals surface area contributed by atoms with Crippen molar-refractivity contribution in [1.82, 2.24) is 0 Å². The maximum atomic E-state index is 13.1. The molecule has 0 radical (unpaired) electrons. The number of hydrogen-bond donors (Lipinski definition) is 1. The number of rotatable bonds is 8. The van der Waals surface area contributed by atoms with Gasteiger partial charge in [0.15, 0.2) is 0 Å². The van der Waals surface area contributed by atoms with Crippen LogP contribution in [0.3, 0.4) is 0 Å². The molecule has 0 aromatic heterocycles. The highest BCUT2D eigenvalue weighted by molar-refractivity contribution is 6.80. The van der Waals surface area contributed by atoms with Crippen molar-refractivity contribution in [2.75, 3.05) is 0 Å². The maximum Gasteiger partial charge on any atom is 0.307 e. The van der Waals surface area contributed by atoms with Crippen molar-refractivity contribution < 1.29 is 19.1 Å². The van der Waals surface area contributed by atoms with E-state index in [0.717, 1.165) is 12.8 Å². The molecule has 2 atom stereocenters. The van der Waals surface area contributed by atoms with E-state index in [1.807, 2.05) is 0 Å². The normalized spacial score (nSPS) is 22.0. The quantitative estimate of drug-likeness (QED) is 0.563. The van der Waals surface area contributed by atoms with Crippen molar-refractivity contribution in [3.05, 3.63) is 0 Å². The molecule has 0 saturated heterocycles. The van der Waals surface area contributed by atoms with Gasteiger partial charge in [0.1, 0.15) is 0 Å². The van der Waals surface area contributed by atoms with Crippen LogP contribution in [0.4, 0.5) is 0 Å². The molecule has 1 rings (SSSR count). The molecule has 0 spiro atoms. The highest BCUT2D eigenvalue weighted by Crippen LogP contribution is 2.55. The third-order valence-corrected chi connectivity index (χ3v) is 12.4. The van der Waals surface area contributed by atoms with Crippen molar-refractivity contribution in [2.24, 2.45) is 17.8 Å². The molecular weight excluding hydrogens is 332 g/mol. The number of carboxylic acid groups (broad SMARTS) is 1. The Balaban J connectivity index is 3.21. The minimum absolute atomic E-state index is 0.0590. The monoisotopic (exact) mass is 370 g/mol. The number of carbonyl (C=O) groups is 2. The first-order valence-electron chi connectivity index (χ1n) is 9.82. The SMILES string of the molecule is CC(C)CC(C)(C)[Si](OC(=O)C1CCCC1C(=O)O)(C(C)C)C(C)C. The summed E-state index contributed by atoms with van der Waals surface area (Å²) in [6.07, 6.45) is 3.03. The van der Waals surface area contributed by atoms with Gasteiger partial charge in [-0.15, -0.1) is 0 Å². The minimum Gasteiger partial charge on any atom is -0.518 e. The zero-order valence-electron chi connectivity index (χ0n) is 17.4. The summed E-state index contributed by atoms with van der Waals surface area (Å²) in [5.74, 6) is -1.64. The molecule has 0 heterocycles. The predicted octanol–water partition coefficient (Wildman–Crippen LogP) is 5.62. The van der Waals surface area contributed by atoms with Crippen molar-refractivity contribution in [3.8, 4) is 0 Å². The second-order valence-corrected chi connectivity index (χ2v) is 14.9. The Morgan fingerprint density at radius 1 is 1.04 bits per heavy atom. The van der Waals surface area contributed by atoms with Gasteiger partial charge in [-0.1, -0.05) is 61.8 Å². The predicted molar refractivity (Wildman–Crippen MR) is 104 cm³/mol. The molecule has 1 aliphatic carbocycles. The number of carboxylic acids is 1. The molecule has 1 aliphatic rings. The third-order valence-electron chi connectivity index (χ3n) is 6.10. The number of carbonyl (C=O) groups excluding carboxylic acids is 1. The van der Waals surface area contributed by atoms with Crippen LogP contribution in [-0.2, 0) is 14.0 Å². The lowest BCUT2D eigenvalue weighted by molar-refractivity contribution is -0.151. The van der Waals surface area contributed by atoms with E-state index >= 15 is 0 Å². The van der Waals surface area contributed by atoms with Gasteiger partial charge in [0, 0.05) is 0 Å². The Bertz CT molecular complexity index is 474. The van der Waals surface area contributed by atoms with Crippen LogP contribution in [0.5, 0.6) is 0 Å². The summed E-state index contributed by atoms with van der Waals surface area (Å²) in [4.78, 5) is 24.6. The molecule has 0 aliphatic heterocycles. The van der Waals surface area contributed by atoms with Gasteiger partial charge in [0.05, 0.1) is 11.8 Å². The first-order valence-corrected chi connectivity index (χ1v) is 11.9. The van der Waals surface area contributed by atoms with E-state index < -0.39 is 26.1 Å². The van der Waals surface area contributed by atoms with E-state index in [1.165, 1.54) is 0 Å². The Hall–Kier alpha value is -0.843. The van der Waals surface area contributed by atoms with Crippen LogP contribution in [0.2, 0.25) is 16.1 Å². The molecule has 4 nitrogen and oxygen atoms in total. The summed E-state index contributed by atoms with van der Waals surface area (Å²) in [6.45, 7) is 17.6. The fourth-order valence-corrected chi connectivity index (χ4v) is 12.0. The first kappa shape index (κ1) is 22.2. The second-order valence-electron chi connectivity index (χ2n) is 9.49. The standard InChI is InChI=1S/C20H38O4Si/c1-13(2)12-20(7,8)25(14(3)4,15(5)6)24-19(23)17-11-9-10-16(17)18(21)22/h13-17H,9-12H2,1-8H3,(H,21,22). The van der Waals surface area contributed by atoms with E-state index in [-0.39, 0.29) is 22.1 Å². The van der Waals surface area contributed by atoms with Gasteiger partial charge in [-0.05, 0) is 41.3 Å². The number of aliphatic carboxylic acids is 1. The van der Waals surface area contributed by atoms with E-state index in [0.29, 0.717) is 18.8 Å². The van der Waals surface area contributed by atoms with E-state index in [4.69, 9.17) is 4.43 Å². The summed E-state index contributed by atoms with van der Waals surface area (Å²) in [5.41, 5.74) is 0.574. The van der Waals surface area contributed by atoms with Gasteiger partial charge in [-0.3, -0.25) is 9.59 Å². The Kier molecular flexibility index (Phi) is 7.31. The van der Waals surface area contributed by atoms with E-state index in [2.05, 4.69) is 55.4 Å². The van der Waals surface area contributed by atoms with Crippen molar-refractivity contribution in [3.63, 3.8) is 0 Å². The molecule has 1 fully saturated rings. The summed E-state index contributed by atoms with van der Waals surface area (Å²) in [7, 11) is -2.48. The molecule has 2 unspecified atom stereocenters. The van der Waals surface area contributed by atoms with E-state index in [9.17, 15) is 14.7 Å². The molecule has 1 N–H and O–H groups in total. The highest BCUT2D eigenvalue weighted by atomic mass is 28.4. The van der Waals surface area contributed by atoms with Gasteiger partial charge in [0.2, 0.25) is 0 Å². The summed E-state index contributed by atoms with van der Waals surface area (Å²) in [6, 6.07) is 0. The Labute approximate surface area is 154 Å². The zero-order chi connectivity index (χ0) is 19.6. The fourth-order valence-electron chi connectivity index (χ4n) is 5.56. The molecule has 146 valence electrons. The smallest absolute Gasteiger partial charge is 0.307 e. The molecule has 0 amide bonds. The van der Waals surface area contributed by atoms with Gasteiger partial charge in [-0.2, -0.15) is 0 Å². The van der Waals surface area contributed by atoms with Crippen molar-refractivity contribution in [1.29, 1.82) is 0 Å². The van der Waals surface area contributed by atoms with Gasteiger partial charge in [-0.25, -0.2) is 0 Å². The summed E-state index contributed by atoms with van der Waals surface area (Å²) in [5, 5.41) is 9.37. The maximum absolute atomic E-state index is 13.1. The fraction of sp³-hybridized carbons (Fsp3) is 0.900. The van der Waals surface area contributed by atoms with Gasteiger partial charge >= 0.3 is 5.97 Å². The van der Waals surface area contributed by atoms with Crippen LogP contribution in [0.25, 0.3) is 0 Å². The van der Waals surface area contributed by atoms with E-state index in [1.54, 1.807) is 0 Å². The lowest BCUT2D eigenvalue weighted by Crippen LogP contribution is -2.56. The zero-order valence-corrected chi connectivity index (χ0v) is 18.4. The Morgan fingerprint density at radius 2 is 1.52 bits per heavy atom. The van der Waals surface area contributed by atoms with Crippen LogP contribution in [-0.4, -0.2) is 25.4 Å². The van der Waals surface area contributed by atoms with Gasteiger partial charge < -0.3 is 9.53 Å². The average molecular weight is 371 g/mol. The second kappa shape index (κ2) is 8.23.